The number of amidine groups is 1. The normalized spacial score (nSPS) is 18.1. The molecule has 86 valence electrons. The van der Waals surface area contributed by atoms with Crippen molar-refractivity contribution < 1.29 is 4.74 Å². The van der Waals surface area contributed by atoms with Crippen molar-refractivity contribution in [1.82, 2.24) is 0 Å². The van der Waals surface area contributed by atoms with Gasteiger partial charge in [0.2, 0.25) is 0 Å². The number of hydrogen-bond donors (Lipinski definition) is 1. The van der Waals surface area contributed by atoms with Gasteiger partial charge in [0.25, 0.3) is 0 Å². The molecule has 0 saturated heterocycles. The van der Waals surface area contributed by atoms with Gasteiger partial charge >= 0.3 is 0 Å². The van der Waals surface area contributed by atoms with Crippen molar-refractivity contribution in [2.45, 2.75) is 18.6 Å². The predicted octanol–water partition coefficient (Wildman–Crippen LogP) is 2.99. The molecule has 0 amide bonds. The van der Waals surface area contributed by atoms with Crippen LogP contribution >= 0.6 is 11.8 Å². The first kappa shape index (κ1) is 11.3. The summed E-state index contributed by atoms with van der Waals surface area (Å²) in [6.45, 7) is 5.27. The van der Waals surface area contributed by atoms with Gasteiger partial charge in [0.1, 0.15) is 5.75 Å². The minimum atomic E-state index is 0.217. The SMILES string of the molecule is COc1ccc(NC2=NCC(C)(C)S2)cc1. The molecule has 0 atom stereocenters. The quantitative estimate of drug-likeness (QED) is 0.857. The van der Waals surface area contributed by atoms with Gasteiger partial charge in [-0.05, 0) is 38.1 Å². The van der Waals surface area contributed by atoms with Crippen LogP contribution in [-0.2, 0) is 0 Å². The van der Waals surface area contributed by atoms with E-state index in [0.29, 0.717) is 0 Å². The van der Waals surface area contributed by atoms with E-state index in [4.69, 9.17) is 4.74 Å². The third-order valence-electron chi connectivity index (χ3n) is 2.32. The Labute approximate surface area is 100 Å². The second-order valence-corrected chi connectivity index (χ2v) is 6.03. The Morgan fingerprint density at radius 1 is 1.31 bits per heavy atom. The molecule has 1 aliphatic heterocycles. The van der Waals surface area contributed by atoms with Crippen LogP contribution in [0.5, 0.6) is 5.75 Å². The van der Waals surface area contributed by atoms with E-state index in [9.17, 15) is 0 Å². The van der Waals surface area contributed by atoms with Crippen LogP contribution in [0, 0.1) is 0 Å². The molecular formula is C12H16N2OS. The minimum absolute atomic E-state index is 0.217. The number of aliphatic imine (C=N–C) groups is 1. The number of nitrogens with one attached hydrogen (secondary N) is 1. The van der Waals surface area contributed by atoms with Crippen LogP contribution in [0.1, 0.15) is 13.8 Å². The van der Waals surface area contributed by atoms with Crippen molar-refractivity contribution in [3.8, 4) is 5.75 Å². The van der Waals surface area contributed by atoms with Crippen LogP contribution in [0.25, 0.3) is 0 Å². The van der Waals surface area contributed by atoms with Gasteiger partial charge in [-0.15, -0.1) is 0 Å². The summed E-state index contributed by atoms with van der Waals surface area (Å²) in [5.41, 5.74) is 1.05. The van der Waals surface area contributed by atoms with Gasteiger partial charge < -0.3 is 10.1 Å². The number of thioether (sulfide) groups is 1. The lowest BCUT2D eigenvalue weighted by molar-refractivity contribution is 0.415. The van der Waals surface area contributed by atoms with Gasteiger partial charge in [-0.1, -0.05) is 11.8 Å². The van der Waals surface area contributed by atoms with E-state index in [1.54, 1.807) is 18.9 Å². The van der Waals surface area contributed by atoms with E-state index in [1.165, 1.54) is 0 Å². The number of benzene rings is 1. The molecule has 0 aliphatic carbocycles. The zero-order valence-corrected chi connectivity index (χ0v) is 10.6. The zero-order valence-electron chi connectivity index (χ0n) is 9.78. The fraction of sp³-hybridized carbons (Fsp3) is 0.417. The van der Waals surface area contributed by atoms with Crippen molar-refractivity contribution in [3.05, 3.63) is 24.3 Å². The molecule has 0 bridgehead atoms. The van der Waals surface area contributed by atoms with Gasteiger partial charge in [0.15, 0.2) is 5.17 Å². The monoisotopic (exact) mass is 236 g/mol. The Balaban J connectivity index is 2.00. The van der Waals surface area contributed by atoms with E-state index in [2.05, 4.69) is 24.2 Å². The average Bonchev–Trinajstić information content (AvgIpc) is 2.59. The first-order valence-corrected chi connectivity index (χ1v) is 6.05. The summed E-state index contributed by atoms with van der Waals surface area (Å²) in [5.74, 6) is 0.867. The molecule has 2 rings (SSSR count). The van der Waals surface area contributed by atoms with E-state index in [1.807, 2.05) is 24.3 Å². The number of nitrogens with zero attached hydrogens (tertiary/aromatic N) is 1. The van der Waals surface area contributed by atoms with Gasteiger partial charge in [-0.3, -0.25) is 4.99 Å². The molecule has 4 heteroatoms. The van der Waals surface area contributed by atoms with Crippen LogP contribution in [0.3, 0.4) is 0 Å². The van der Waals surface area contributed by atoms with Crippen LogP contribution in [-0.4, -0.2) is 23.6 Å². The Bertz CT molecular complexity index is 398. The van der Waals surface area contributed by atoms with E-state index in [0.717, 1.165) is 23.1 Å². The summed E-state index contributed by atoms with van der Waals surface area (Å²) in [6.07, 6.45) is 0. The molecule has 0 fully saturated rings. The van der Waals surface area contributed by atoms with Crippen molar-refractivity contribution >= 4 is 22.6 Å². The zero-order chi connectivity index (χ0) is 11.6. The van der Waals surface area contributed by atoms with E-state index >= 15 is 0 Å². The highest BCUT2D eigenvalue weighted by atomic mass is 32.2. The maximum atomic E-state index is 5.11. The minimum Gasteiger partial charge on any atom is -0.497 e. The topological polar surface area (TPSA) is 33.6 Å². The molecule has 0 saturated carbocycles. The van der Waals surface area contributed by atoms with Crippen molar-refractivity contribution in [3.63, 3.8) is 0 Å². The Hall–Kier alpha value is -1.16. The molecule has 1 aromatic rings. The Morgan fingerprint density at radius 3 is 2.50 bits per heavy atom. The van der Waals surface area contributed by atoms with Crippen LogP contribution in [0.4, 0.5) is 5.69 Å². The maximum absolute atomic E-state index is 5.11. The average molecular weight is 236 g/mol. The molecule has 0 radical (unpaired) electrons. The van der Waals surface area contributed by atoms with Crippen LogP contribution < -0.4 is 10.1 Å². The second-order valence-electron chi connectivity index (χ2n) is 4.34. The van der Waals surface area contributed by atoms with Crippen molar-refractivity contribution in [2.24, 2.45) is 4.99 Å². The lowest BCUT2D eigenvalue weighted by atomic mass is 10.2. The molecule has 1 heterocycles. The fourth-order valence-corrected chi connectivity index (χ4v) is 2.40. The number of methoxy groups -OCH3 is 1. The van der Waals surface area contributed by atoms with Crippen molar-refractivity contribution in [1.29, 1.82) is 0 Å². The number of ether oxygens (including phenoxy) is 1. The highest BCUT2D eigenvalue weighted by Gasteiger charge is 2.26. The standard InChI is InChI=1S/C12H16N2OS/c1-12(2)8-13-11(16-12)14-9-4-6-10(15-3)7-5-9/h4-7H,8H2,1-3H3,(H,13,14). The smallest absolute Gasteiger partial charge is 0.161 e. The predicted molar refractivity (Wildman–Crippen MR) is 70.6 cm³/mol. The van der Waals surface area contributed by atoms with Crippen LogP contribution in [0.15, 0.2) is 29.3 Å². The van der Waals surface area contributed by atoms with E-state index in [-0.39, 0.29) is 4.75 Å². The van der Waals surface area contributed by atoms with Gasteiger partial charge in [-0.25, -0.2) is 0 Å². The third-order valence-corrected chi connectivity index (χ3v) is 3.42. The summed E-state index contributed by atoms with van der Waals surface area (Å²) in [4.78, 5) is 4.46. The molecule has 3 nitrogen and oxygen atoms in total. The molecular weight excluding hydrogens is 220 g/mol. The molecule has 16 heavy (non-hydrogen) atoms. The highest BCUT2D eigenvalue weighted by Crippen LogP contribution is 2.32. The first-order valence-electron chi connectivity index (χ1n) is 5.24. The number of rotatable bonds is 2. The second kappa shape index (κ2) is 4.37. The molecule has 0 aromatic heterocycles. The third kappa shape index (κ3) is 2.70. The Kier molecular flexibility index (Phi) is 3.10. The van der Waals surface area contributed by atoms with E-state index < -0.39 is 0 Å². The van der Waals surface area contributed by atoms with Crippen LogP contribution in [0.2, 0.25) is 0 Å². The first-order chi connectivity index (χ1) is 7.59. The lowest BCUT2D eigenvalue weighted by Crippen LogP contribution is -2.16. The summed E-state index contributed by atoms with van der Waals surface area (Å²) in [6, 6.07) is 7.86. The number of anilines is 1. The molecule has 0 unspecified atom stereocenters. The van der Waals surface area contributed by atoms with Gasteiger partial charge in [0.05, 0.1) is 13.7 Å². The molecule has 1 N–H and O–H groups in total. The molecule has 1 aliphatic rings. The Morgan fingerprint density at radius 2 is 2.00 bits per heavy atom. The molecule has 1 aromatic carbocycles. The maximum Gasteiger partial charge on any atom is 0.161 e. The number of hydrogen-bond acceptors (Lipinski definition) is 4. The summed E-state index contributed by atoms with van der Waals surface area (Å²) < 4.78 is 5.33. The van der Waals surface area contributed by atoms with Crippen molar-refractivity contribution in [2.75, 3.05) is 19.0 Å². The van der Waals surface area contributed by atoms with Gasteiger partial charge in [-0.2, -0.15) is 0 Å². The highest BCUT2D eigenvalue weighted by molar-refractivity contribution is 8.15. The molecule has 0 spiro atoms. The van der Waals surface area contributed by atoms with Gasteiger partial charge in [0, 0.05) is 10.4 Å². The largest absolute Gasteiger partial charge is 0.497 e. The summed E-state index contributed by atoms with van der Waals surface area (Å²) in [5, 5.41) is 4.30. The summed E-state index contributed by atoms with van der Waals surface area (Å²) >= 11 is 1.78. The lowest BCUT2D eigenvalue weighted by Gasteiger charge is -2.14. The summed E-state index contributed by atoms with van der Waals surface area (Å²) in [7, 11) is 1.67. The fourth-order valence-electron chi connectivity index (χ4n) is 1.45.